The molecule has 17 heavy (non-hydrogen) atoms. The second-order valence-corrected chi connectivity index (χ2v) is 5.12. The van der Waals surface area contributed by atoms with Gasteiger partial charge in [-0.3, -0.25) is 4.79 Å². The number of carbonyl (C=O) groups is 1. The van der Waals surface area contributed by atoms with Crippen LogP contribution in [0.3, 0.4) is 0 Å². The Morgan fingerprint density at radius 2 is 2.00 bits per heavy atom. The van der Waals surface area contributed by atoms with Crippen LogP contribution in [0.25, 0.3) is 10.4 Å². The van der Waals surface area contributed by atoms with Crippen molar-refractivity contribution in [1.82, 2.24) is 0 Å². The fourth-order valence-electron chi connectivity index (χ4n) is 1.78. The lowest BCUT2D eigenvalue weighted by Gasteiger charge is -1.97. The maximum absolute atomic E-state index is 10.5. The van der Waals surface area contributed by atoms with Crippen molar-refractivity contribution in [2.24, 2.45) is 0 Å². The Balaban J connectivity index is 2.22. The first-order valence-electron chi connectivity index (χ1n) is 5.53. The number of thiophene rings is 1. The van der Waals surface area contributed by atoms with E-state index in [4.69, 9.17) is 5.11 Å². The summed E-state index contributed by atoms with van der Waals surface area (Å²) in [5.41, 5.74) is 2.43. The van der Waals surface area contributed by atoms with Gasteiger partial charge in [-0.2, -0.15) is 0 Å². The van der Waals surface area contributed by atoms with Gasteiger partial charge in [-0.1, -0.05) is 30.3 Å². The summed E-state index contributed by atoms with van der Waals surface area (Å²) >= 11 is 1.69. The molecule has 1 heterocycles. The van der Waals surface area contributed by atoms with Gasteiger partial charge in [0.25, 0.3) is 0 Å². The fraction of sp³-hybridized carbons (Fsp3) is 0.214. The van der Waals surface area contributed by atoms with E-state index in [1.807, 2.05) is 18.2 Å². The van der Waals surface area contributed by atoms with Gasteiger partial charge in [-0.05, 0) is 30.5 Å². The van der Waals surface area contributed by atoms with Crippen molar-refractivity contribution in [3.8, 4) is 10.4 Å². The van der Waals surface area contributed by atoms with E-state index in [1.54, 1.807) is 11.3 Å². The quantitative estimate of drug-likeness (QED) is 0.892. The average Bonchev–Trinajstić information content (AvgIpc) is 2.69. The van der Waals surface area contributed by atoms with Gasteiger partial charge in [-0.25, -0.2) is 0 Å². The number of hydrogen-bond acceptors (Lipinski definition) is 2. The normalized spacial score (nSPS) is 10.4. The largest absolute Gasteiger partial charge is 0.481 e. The zero-order valence-corrected chi connectivity index (χ0v) is 10.5. The maximum atomic E-state index is 10.5. The zero-order valence-electron chi connectivity index (χ0n) is 9.64. The van der Waals surface area contributed by atoms with Crippen LogP contribution in [0, 0.1) is 6.92 Å². The van der Waals surface area contributed by atoms with E-state index in [9.17, 15) is 4.79 Å². The molecule has 0 fully saturated rings. The van der Waals surface area contributed by atoms with Gasteiger partial charge in [0, 0.05) is 9.75 Å². The minimum absolute atomic E-state index is 0.203. The molecule has 0 radical (unpaired) electrons. The zero-order chi connectivity index (χ0) is 12.3. The molecule has 0 aliphatic rings. The van der Waals surface area contributed by atoms with E-state index in [-0.39, 0.29) is 6.42 Å². The van der Waals surface area contributed by atoms with Crippen molar-refractivity contribution in [3.63, 3.8) is 0 Å². The lowest BCUT2D eigenvalue weighted by atomic mass is 10.1. The first-order chi connectivity index (χ1) is 8.16. The van der Waals surface area contributed by atoms with Crippen molar-refractivity contribution in [2.75, 3.05) is 0 Å². The third kappa shape index (κ3) is 2.94. The molecule has 0 bridgehead atoms. The number of benzene rings is 1. The lowest BCUT2D eigenvalue weighted by molar-refractivity contribution is -0.136. The van der Waals surface area contributed by atoms with E-state index in [0.717, 1.165) is 4.88 Å². The van der Waals surface area contributed by atoms with Crippen LogP contribution in [0.4, 0.5) is 0 Å². The molecule has 1 aromatic heterocycles. The first kappa shape index (κ1) is 11.9. The van der Waals surface area contributed by atoms with Crippen LogP contribution in [-0.2, 0) is 11.2 Å². The molecule has 0 aliphatic carbocycles. The van der Waals surface area contributed by atoms with E-state index < -0.39 is 5.97 Å². The molecular formula is C14H14O2S. The van der Waals surface area contributed by atoms with E-state index in [0.29, 0.717) is 6.42 Å². The SMILES string of the molecule is Cc1cc(CCC(=O)O)sc1-c1ccccc1. The molecule has 3 heteroatoms. The summed E-state index contributed by atoms with van der Waals surface area (Å²) in [6.45, 7) is 2.07. The molecule has 0 unspecified atom stereocenters. The summed E-state index contributed by atoms with van der Waals surface area (Å²) < 4.78 is 0. The molecule has 0 atom stereocenters. The highest BCUT2D eigenvalue weighted by Crippen LogP contribution is 2.32. The molecule has 0 saturated heterocycles. The Morgan fingerprint density at radius 3 is 2.65 bits per heavy atom. The van der Waals surface area contributed by atoms with Crippen LogP contribution in [-0.4, -0.2) is 11.1 Å². The lowest BCUT2D eigenvalue weighted by Crippen LogP contribution is -1.95. The Labute approximate surface area is 105 Å². The maximum Gasteiger partial charge on any atom is 0.303 e. The van der Waals surface area contributed by atoms with E-state index in [1.165, 1.54) is 16.0 Å². The van der Waals surface area contributed by atoms with Crippen LogP contribution in [0.15, 0.2) is 36.4 Å². The average molecular weight is 246 g/mol. The summed E-state index contributed by atoms with van der Waals surface area (Å²) in [7, 11) is 0. The summed E-state index contributed by atoms with van der Waals surface area (Å²) in [5.74, 6) is -0.739. The molecule has 2 aromatic rings. The molecule has 0 spiro atoms. The highest BCUT2D eigenvalue weighted by Gasteiger charge is 2.08. The second kappa shape index (κ2) is 5.15. The minimum Gasteiger partial charge on any atom is -0.481 e. The third-order valence-corrected chi connectivity index (χ3v) is 3.94. The monoisotopic (exact) mass is 246 g/mol. The minimum atomic E-state index is -0.739. The number of hydrogen-bond donors (Lipinski definition) is 1. The Kier molecular flexibility index (Phi) is 3.59. The first-order valence-corrected chi connectivity index (χ1v) is 6.35. The molecule has 0 saturated carbocycles. The molecule has 1 aromatic carbocycles. The van der Waals surface area contributed by atoms with Crippen LogP contribution < -0.4 is 0 Å². The standard InChI is InChI=1S/C14H14O2S/c1-10-9-12(7-8-13(15)16)17-14(10)11-5-3-2-4-6-11/h2-6,9H,7-8H2,1H3,(H,15,16). The van der Waals surface area contributed by atoms with Crippen molar-refractivity contribution in [1.29, 1.82) is 0 Å². The van der Waals surface area contributed by atoms with Gasteiger partial charge in [0.2, 0.25) is 0 Å². The van der Waals surface area contributed by atoms with Crippen molar-refractivity contribution in [2.45, 2.75) is 19.8 Å². The Morgan fingerprint density at radius 1 is 1.29 bits per heavy atom. The topological polar surface area (TPSA) is 37.3 Å². The molecule has 0 amide bonds. The number of aliphatic carboxylic acids is 1. The summed E-state index contributed by atoms with van der Waals surface area (Å²) in [6.07, 6.45) is 0.821. The second-order valence-electron chi connectivity index (χ2n) is 3.98. The van der Waals surface area contributed by atoms with Crippen molar-refractivity contribution < 1.29 is 9.90 Å². The predicted octanol–water partition coefficient (Wildman–Crippen LogP) is 3.74. The summed E-state index contributed by atoms with van der Waals surface area (Å²) in [6, 6.07) is 12.3. The van der Waals surface area contributed by atoms with Crippen LogP contribution >= 0.6 is 11.3 Å². The highest BCUT2D eigenvalue weighted by molar-refractivity contribution is 7.15. The van der Waals surface area contributed by atoms with Crippen molar-refractivity contribution in [3.05, 3.63) is 46.8 Å². The molecule has 88 valence electrons. The van der Waals surface area contributed by atoms with Gasteiger partial charge in [0.05, 0.1) is 6.42 Å². The molecule has 2 rings (SSSR count). The van der Waals surface area contributed by atoms with E-state index in [2.05, 4.69) is 25.1 Å². The number of rotatable bonds is 4. The highest BCUT2D eigenvalue weighted by atomic mass is 32.1. The van der Waals surface area contributed by atoms with Crippen LogP contribution in [0.5, 0.6) is 0 Å². The number of carboxylic acid groups (broad SMARTS) is 1. The van der Waals surface area contributed by atoms with Crippen LogP contribution in [0.1, 0.15) is 16.9 Å². The van der Waals surface area contributed by atoms with Crippen LogP contribution in [0.2, 0.25) is 0 Å². The molecule has 2 nitrogen and oxygen atoms in total. The fourth-order valence-corrected chi connectivity index (χ4v) is 2.95. The summed E-state index contributed by atoms with van der Waals surface area (Å²) in [5, 5.41) is 8.67. The molecule has 0 aliphatic heterocycles. The molecular weight excluding hydrogens is 232 g/mol. The predicted molar refractivity (Wildman–Crippen MR) is 70.4 cm³/mol. The Bertz CT molecular complexity index is 514. The smallest absolute Gasteiger partial charge is 0.303 e. The van der Waals surface area contributed by atoms with Gasteiger partial charge >= 0.3 is 5.97 Å². The third-order valence-electron chi connectivity index (χ3n) is 2.59. The Hall–Kier alpha value is -1.61. The van der Waals surface area contributed by atoms with Gasteiger partial charge in [0.15, 0.2) is 0 Å². The van der Waals surface area contributed by atoms with Gasteiger partial charge < -0.3 is 5.11 Å². The van der Waals surface area contributed by atoms with Gasteiger partial charge in [-0.15, -0.1) is 11.3 Å². The summed E-state index contributed by atoms with van der Waals surface area (Å²) in [4.78, 5) is 12.9. The van der Waals surface area contributed by atoms with Crippen molar-refractivity contribution >= 4 is 17.3 Å². The molecule has 1 N–H and O–H groups in total. The van der Waals surface area contributed by atoms with Gasteiger partial charge in [0.1, 0.15) is 0 Å². The number of aryl methyl sites for hydroxylation is 2. The van der Waals surface area contributed by atoms with E-state index >= 15 is 0 Å². The number of carboxylic acids is 1.